The molecule has 1 unspecified atom stereocenters. The first-order valence-electron chi connectivity index (χ1n) is 6.79. The Morgan fingerprint density at radius 2 is 2.12 bits per heavy atom. The molecule has 0 aromatic heterocycles. The zero-order valence-electron chi connectivity index (χ0n) is 11.5. The maximum atomic E-state index is 11.5. The van der Waals surface area contributed by atoms with Gasteiger partial charge in [0.05, 0.1) is 5.54 Å². The average molecular weight is 241 g/mol. The van der Waals surface area contributed by atoms with Gasteiger partial charge in [-0.1, -0.05) is 13.8 Å². The first kappa shape index (κ1) is 14.5. The van der Waals surface area contributed by atoms with Gasteiger partial charge in [0.1, 0.15) is 0 Å². The lowest BCUT2D eigenvalue weighted by Crippen LogP contribution is -2.54. The molecular weight excluding hydrogens is 214 g/mol. The largest absolute Gasteiger partial charge is 0.368 e. The number of hydrogen-bond acceptors (Lipinski definition) is 3. The van der Waals surface area contributed by atoms with Gasteiger partial charge in [-0.2, -0.15) is 0 Å². The lowest BCUT2D eigenvalue weighted by molar-refractivity contribution is -0.124. The summed E-state index contributed by atoms with van der Waals surface area (Å²) in [7, 11) is 0. The van der Waals surface area contributed by atoms with Crippen LogP contribution in [0.25, 0.3) is 0 Å². The van der Waals surface area contributed by atoms with E-state index in [1.807, 2.05) is 13.8 Å². The van der Waals surface area contributed by atoms with Gasteiger partial charge in [0.25, 0.3) is 0 Å². The molecular formula is C13H27N3O. The lowest BCUT2D eigenvalue weighted by Gasteiger charge is -2.30. The SMILES string of the molecule is CCNC(C)(CCN(CC)CC1CC1)C(N)=O. The van der Waals surface area contributed by atoms with Gasteiger partial charge < -0.3 is 16.0 Å². The van der Waals surface area contributed by atoms with Crippen LogP contribution in [0.5, 0.6) is 0 Å². The van der Waals surface area contributed by atoms with Crippen LogP contribution >= 0.6 is 0 Å². The van der Waals surface area contributed by atoms with E-state index in [9.17, 15) is 4.79 Å². The molecule has 0 spiro atoms. The number of amides is 1. The maximum Gasteiger partial charge on any atom is 0.237 e. The molecule has 0 aromatic rings. The summed E-state index contributed by atoms with van der Waals surface area (Å²) in [5, 5.41) is 3.21. The highest BCUT2D eigenvalue weighted by Gasteiger charge is 2.31. The van der Waals surface area contributed by atoms with Crippen LogP contribution < -0.4 is 11.1 Å². The van der Waals surface area contributed by atoms with Crippen LogP contribution in [0.3, 0.4) is 0 Å². The molecule has 1 atom stereocenters. The van der Waals surface area contributed by atoms with Crippen LogP contribution in [0.1, 0.15) is 40.0 Å². The van der Waals surface area contributed by atoms with E-state index >= 15 is 0 Å². The molecule has 4 nitrogen and oxygen atoms in total. The average Bonchev–Trinajstić information content (AvgIpc) is 3.08. The second kappa shape index (κ2) is 6.36. The molecule has 1 saturated carbocycles. The van der Waals surface area contributed by atoms with Gasteiger partial charge in [0.15, 0.2) is 0 Å². The standard InChI is InChI=1S/C13H27N3O/c1-4-15-13(3,12(14)17)8-9-16(5-2)10-11-6-7-11/h11,15H,4-10H2,1-3H3,(H2,14,17). The molecule has 17 heavy (non-hydrogen) atoms. The van der Waals surface area contributed by atoms with Gasteiger partial charge in [-0.25, -0.2) is 0 Å². The van der Waals surface area contributed by atoms with Crippen LogP contribution in [-0.2, 0) is 4.79 Å². The van der Waals surface area contributed by atoms with E-state index in [1.165, 1.54) is 19.4 Å². The van der Waals surface area contributed by atoms with Crippen LogP contribution in [-0.4, -0.2) is 42.5 Å². The Balaban J connectivity index is 2.40. The third-order valence-corrected chi connectivity index (χ3v) is 3.70. The normalized spacial score (nSPS) is 19.3. The number of rotatable bonds is 9. The van der Waals surface area contributed by atoms with Gasteiger partial charge >= 0.3 is 0 Å². The Kier molecular flexibility index (Phi) is 5.40. The molecule has 1 rings (SSSR count). The van der Waals surface area contributed by atoms with Crippen molar-refractivity contribution in [3.8, 4) is 0 Å². The van der Waals surface area contributed by atoms with Gasteiger partial charge in [0, 0.05) is 13.1 Å². The number of nitrogens with zero attached hydrogens (tertiary/aromatic N) is 1. The molecule has 0 saturated heterocycles. The van der Waals surface area contributed by atoms with Crippen molar-refractivity contribution >= 4 is 5.91 Å². The Hall–Kier alpha value is -0.610. The molecule has 0 aromatic carbocycles. The number of nitrogens with two attached hydrogens (primary N) is 1. The van der Waals surface area contributed by atoms with E-state index < -0.39 is 5.54 Å². The third-order valence-electron chi connectivity index (χ3n) is 3.70. The van der Waals surface area contributed by atoms with Gasteiger partial charge in [-0.05, 0) is 45.2 Å². The number of carbonyl (C=O) groups is 1. The summed E-state index contributed by atoms with van der Waals surface area (Å²) in [6, 6.07) is 0. The molecule has 1 fully saturated rings. The van der Waals surface area contributed by atoms with Crippen molar-refractivity contribution in [2.24, 2.45) is 11.7 Å². The van der Waals surface area contributed by atoms with E-state index in [0.29, 0.717) is 0 Å². The summed E-state index contributed by atoms with van der Waals surface area (Å²) in [6.45, 7) is 10.0. The molecule has 0 bridgehead atoms. The Morgan fingerprint density at radius 1 is 1.47 bits per heavy atom. The first-order valence-corrected chi connectivity index (χ1v) is 6.79. The number of primary amides is 1. The van der Waals surface area contributed by atoms with Crippen molar-refractivity contribution in [1.82, 2.24) is 10.2 Å². The fraction of sp³-hybridized carbons (Fsp3) is 0.923. The lowest BCUT2D eigenvalue weighted by atomic mass is 9.96. The molecule has 0 radical (unpaired) electrons. The van der Waals surface area contributed by atoms with Crippen molar-refractivity contribution in [1.29, 1.82) is 0 Å². The summed E-state index contributed by atoms with van der Waals surface area (Å²) in [5.41, 5.74) is 4.91. The summed E-state index contributed by atoms with van der Waals surface area (Å²) >= 11 is 0. The number of hydrogen-bond donors (Lipinski definition) is 2. The Morgan fingerprint density at radius 3 is 2.53 bits per heavy atom. The summed E-state index contributed by atoms with van der Waals surface area (Å²) in [4.78, 5) is 13.9. The maximum absolute atomic E-state index is 11.5. The van der Waals surface area contributed by atoms with Crippen molar-refractivity contribution in [3.63, 3.8) is 0 Å². The smallest absolute Gasteiger partial charge is 0.237 e. The van der Waals surface area contributed by atoms with Crippen molar-refractivity contribution in [2.75, 3.05) is 26.2 Å². The number of likely N-dealkylation sites (N-methyl/N-ethyl adjacent to an activating group) is 1. The quantitative estimate of drug-likeness (QED) is 0.632. The van der Waals surface area contributed by atoms with E-state index in [-0.39, 0.29) is 5.91 Å². The zero-order valence-corrected chi connectivity index (χ0v) is 11.5. The summed E-state index contributed by atoms with van der Waals surface area (Å²) < 4.78 is 0. The fourth-order valence-corrected chi connectivity index (χ4v) is 2.11. The molecule has 4 heteroatoms. The Bertz CT molecular complexity index is 253. The third kappa shape index (κ3) is 4.64. The predicted molar refractivity (Wildman–Crippen MR) is 70.7 cm³/mol. The second-order valence-electron chi connectivity index (χ2n) is 5.31. The zero-order chi connectivity index (χ0) is 12.9. The fourth-order valence-electron chi connectivity index (χ4n) is 2.11. The van der Waals surface area contributed by atoms with Crippen LogP contribution in [0.2, 0.25) is 0 Å². The van der Waals surface area contributed by atoms with Gasteiger partial charge in [-0.15, -0.1) is 0 Å². The minimum absolute atomic E-state index is 0.248. The van der Waals surface area contributed by atoms with Crippen LogP contribution in [0.15, 0.2) is 0 Å². The minimum Gasteiger partial charge on any atom is -0.368 e. The Labute approximate surface area is 105 Å². The second-order valence-corrected chi connectivity index (χ2v) is 5.31. The first-order chi connectivity index (χ1) is 8.01. The molecule has 0 heterocycles. The topological polar surface area (TPSA) is 58.4 Å². The predicted octanol–water partition coefficient (Wildman–Crippen LogP) is 0.962. The van der Waals surface area contributed by atoms with E-state index in [2.05, 4.69) is 17.1 Å². The van der Waals surface area contributed by atoms with Crippen molar-refractivity contribution in [2.45, 2.75) is 45.6 Å². The number of carbonyl (C=O) groups excluding carboxylic acids is 1. The van der Waals surface area contributed by atoms with Crippen molar-refractivity contribution < 1.29 is 4.79 Å². The highest BCUT2D eigenvalue weighted by atomic mass is 16.1. The van der Waals surface area contributed by atoms with Crippen LogP contribution in [0.4, 0.5) is 0 Å². The molecule has 0 aliphatic heterocycles. The minimum atomic E-state index is -0.564. The number of nitrogens with one attached hydrogen (secondary N) is 1. The highest BCUT2D eigenvalue weighted by Crippen LogP contribution is 2.29. The molecule has 1 aliphatic rings. The van der Waals surface area contributed by atoms with E-state index in [0.717, 1.165) is 32.0 Å². The molecule has 3 N–H and O–H groups in total. The summed E-state index contributed by atoms with van der Waals surface area (Å²) in [6.07, 6.45) is 3.53. The van der Waals surface area contributed by atoms with Crippen molar-refractivity contribution in [3.05, 3.63) is 0 Å². The van der Waals surface area contributed by atoms with Gasteiger partial charge in [0.2, 0.25) is 5.91 Å². The molecule has 100 valence electrons. The van der Waals surface area contributed by atoms with E-state index in [1.54, 1.807) is 0 Å². The highest BCUT2D eigenvalue weighted by molar-refractivity contribution is 5.84. The molecule has 1 amide bonds. The van der Waals surface area contributed by atoms with Crippen LogP contribution in [0, 0.1) is 5.92 Å². The summed E-state index contributed by atoms with van der Waals surface area (Å²) in [5.74, 6) is 0.649. The monoisotopic (exact) mass is 241 g/mol. The van der Waals surface area contributed by atoms with E-state index in [4.69, 9.17) is 5.73 Å². The molecule has 1 aliphatic carbocycles. The van der Waals surface area contributed by atoms with Gasteiger partial charge in [-0.3, -0.25) is 4.79 Å².